The number of rotatable bonds is 4. The van der Waals surface area contributed by atoms with Crippen LogP contribution < -0.4 is 5.32 Å². The van der Waals surface area contributed by atoms with Crippen molar-refractivity contribution in [1.82, 2.24) is 5.32 Å². The molecule has 19 heavy (non-hydrogen) atoms. The SMILES string of the molecule is CNC(Cc1ccccc1Cl)c1ccc(Cl)cc1Cl. The highest BCUT2D eigenvalue weighted by molar-refractivity contribution is 6.35. The van der Waals surface area contributed by atoms with E-state index >= 15 is 0 Å². The van der Waals surface area contributed by atoms with Gasteiger partial charge in [0.05, 0.1) is 0 Å². The average Bonchev–Trinajstić information content (AvgIpc) is 2.39. The fourth-order valence-electron chi connectivity index (χ4n) is 2.04. The molecule has 100 valence electrons. The number of hydrogen-bond acceptors (Lipinski definition) is 1. The van der Waals surface area contributed by atoms with Crippen LogP contribution in [0.1, 0.15) is 17.2 Å². The summed E-state index contributed by atoms with van der Waals surface area (Å²) in [6.07, 6.45) is 0.775. The molecule has 0 heterocycles. The highest BCUT2D eigenvalue weighted by atomic mass is 35.5. The van der Waals surface area contributed by atoms with E-state index in [0.29, 0.717) is 10.0 Å². The largest absolute Gasteiger partial charge is 0.313 e. The third-order valence-electron chi connectivity index (χ3n) is 3.07. The van der Waals surface area contributed by atoms with Gasteiger partial charge in [-0.05, 0) is 42.8 Å². The molecule has 0 saturated heterocycles. The van der Waals surface area contributed by atoms with Crippen molar-refractivity contribution in [1.29, 1.82) is 0 Å². The molecule has 0 amide bonds. The molecule has 0 saturated carbocycles. The van der Waals surface area contributed by atoms with Gasteiger partial charge in [-0.1, -0.05) is 59.1 Å². The van der Waals surface area contributed by atoms with Gasteiger partial charge in [-0.15, -0.1) is 0 Å². The molecular weight excluding hydrogens is 301 g/mol. The summed E-state index contributed by atoms with van der Waals surface area (Å²) in [5, 5.41) is 5.35. The van der Waals surface area contributed by atoms with E-state index in [1.54, 1.807) is 6.07 Å². The molecule has 1 unspecified atom stereocenters. The van der Waals surface area contributed by atoms with Crippen molar-refractivity contribution in [3.63, 3.8) is 0 Å². The summed E-state index contributed by atoms with van der Waals surface area (Å²) >= 11 is 18.4. The summed E-state index contributed by atoms with van der Waals surface area (Å²) in [5.74, 6) is 0. The molecule has 0 spiro atoms. The third-order valence-corrected chi connectivity index (χ3v) is 4.00. The van der Waals surface area contributed by atoms with E-state index in [1.807, 2.05) is 43.4 Å². The Morgan fingerprint density at radius 1 is 1.00 bits per heavy atom. The predicted octanol–water partition coefficient (Wildman–Crippen LogP) is 5.15. The maximum atomic E-state index is 6.25. The second kappa shape index (κ2) is 6.62. The first-order valence-corrected chi connectivity index (χ1v) is 7.11. The van der Waals surface area contributed by atoms with Gasteiger partial charge in [0.25, 0.3) is 0 Å². The Labute approximate surface area is 128 Å². The van der Waals surface area contributed by atoms with Crippen molar-refractivity contribution in [3.8, 4) is 0 Å². The van der Waals surface area contributed by atoms with Gasteiger partial charge in [0, 0.05) is 21.1 Å². The summed E-state index contributed by atoms with van der Waals surface area (Å²) in [4.78, 5) is 0. The summed E-state index contributed by atoms with van der Waals surface area (Å²) in [5.41, 5.74) is 2.11. The number of hydrogen-bond donors (Lipinski definition) is 1. The number of likely N-dealkylation sites (N-methyl/N-ethyl adjacent to an activating group) is 1. The molecule has 1 N–H and O–H groups in total. The van der Waals surface area contributed by atoms with Crippen LogP contribution in [0.15, 0.2) is 42.5 Å². The second-order valence-corrected chi connectivity index (χ2v) is 5.55. The molecule has 1 atom stereocenters. The molecule has 2 rings (SSSR count). The van der Waals surface area contributed by atoms with Crippen LogP contribution in [-0.4, -0.2) is 7.05 Å². The lowest BCUT2D eigenvalue weighted by atomic mass is 9.99. The highest BCUT2D eigenvalue weighted by Gasteiger charge is 2.15. The number of benzene rings is 2. The Kier molecular flexibility index (Phi) is 5.12. The van der Waals surface area contributed by atoms with Crippen LogP contribution in [0, 0.1) is 0 Å². The Balaban J connectivity index is 2.28. The summed E-state index contributed by atoms with van der Waals surface area (Å²) < 4.78 is 0. The second-order valence-electron chi connectivity index (χ2n) is 4.30. The minimum Gasteiger partial charge on any atom is -0.313 e. The maximum Gasteiger partial charge on any atom is 0.0468 e. The lowest BCUT2D eigenvalue weighted by molar-refractivity contribution is 0.592. The lowest BCUT2D eigenvalue weighted by Gasteiger charge is -2.19. The Hall–Kier alpha value is -0.730. The summed E-state index contributed by atoms with van der Waals surface area (Å²) in [6.45, 7) is 0. The maximum absolute atomic E-state index is 6.25. The minimum atomic E-state index is 0.102. The zero-order valence-electron chi connectivity index (χ0n) is 10.5. The molecule has 0 fully saturated rings. The van der Waals surface area contributed by atoms with Gasteiger partial charge in [0.15, 0.2) is 0 Å². The van der Waals surface area contributed by atoms with Crippen LogP contribution in [0.2, 0.25) is 15.1 Å². The first-order valence-electron chi connectivity index (χ1n) is 5.97. The van der Waals surface area contributed by atoms with Gasteiger partial charge in [-0.2, -0.15) is 0 Å². The van der Waals surface area contributed by atoms with E-state index in [9.17, 15) is 0 Å². The third kappa shape index (κ3) is 3.64. The summed E-state index contributed by atoms with van der Waals surface area (Å²) in [6, 6.07) is 13.5. The molecule has 0 aliphatic carbocycles. The van der Waals surface area contributed by atoms with Gasteiger partial charge in [-0.25, -0.2) is 0 Å². The predicted molar refractivity (Wildman–Crippen MR) is 83.4 cm³/mol. The van der Waals surface area contributed by atoms with Gasteiger partial charge in [0.1, 0.15) is 0 Å². The van der Waals surface area contributed by atoms with Crippen LogP contribution in [0.4, 0.5) is 0 Å². The van der Waals surface area contributed by atoms with Crippen molar-refractivity contribution in [2.75, 3.05) is 7.05 Å². The smallest absolute Gasteiger partial charge is 0.0468 e. The van der Waals surface area contributed by atoms with Crippen LogP contribution >= 0.6 is 34.8 Å². The van der Waals surface area contributed by atoms with Crippen LogP contribution in [0.25, 0.3) is 0 Å². The topological polar surface area (TPSA) is 12.0 Å². The lowest BCUT2D eigenvalue weighted by Crippen LogP contribution is -2.19. The zero-order chi connectivity index (χ0) is 13.8. The molecule has 0 aliphatic rings. The Morgan fingerprint density at radius 3 is 2.37 bits per heavy atom. The summed E-state index contributed by atoms with van der Waals surface area (Å²) in [7, 11) is 1.91. The van der Waals surface area contributed by atoms with E-state index in [0.717, 1.165) is 22.6 Å². The monoisotopic (exact) mass is 313 g/mol. The quantitative estimate of drug-likeness (QED) is 0.823. The molecule has 4 heteroatoms. The highest BCUT2D eigenvalue weighted by Crippen LogP contribution is 2.29. The van der Waals surface area contributed by atoms with Gasteiger partial charge in [-0.3, -0.25) is 0 Å². The normalized spacial score (nSPS) is 12.4. The molecular formula is C15H14Cl3N. The fourth-order valence-corrected chi connectivity index (χ4v) is 2.79. The molecule has 0 radical (unpaired) electrons. The first-order chi connectivity index (χ1) is 9.11. The van der Waals surface area contributed by atoms with E-state index < -0.39 is 0 Å². The number of nitrogens with one attached hydrogen (secondary N) is 1. The van der Waals surface area contributed by atoms with Crippen LogP contribution in [0.3, 0.4) is 0 Å². The van der Waals surface area contributed by atoms with Crippen molar-refractivity contribution in [3.05, 3.63) is 68.7 Å². The molecule has 0 bridgehead atoms. The first kappa shape index (κ1) is 14.7. The molecule has 0 aromatic heterocycles. The minimum absolute atomic E-state index is 0.102. The van der Waals surface area contributed by atoms with Gasteiger partial charge < -0.3 is 5.32 Å². The van der Waals surface area contributed by atoms with E-state index in [2.05, 4.69) is 5.32 Å². The van der Waals surface area contributed by atoms with Crippen molar-refractivity contribution in [2.24, 2.45) is 0 Å². The standard InChI is InChI=1S/C15H14Cl3N/c1-19-15(8-10-4-2-3-5-13(10)17)12-7-6-11(16)9-14(12)18/h2-7,9,15,19H,8H2,1H3. The van der Waals surface area contributed by atoms with Crippen molar-refractivity contribution < 1.29 is 0 Å². The van der Waals surface area contributed by atoms with Crippen LogP contribution in [0.5, 0.6) is 0 Å². The van der Waals surface area contributed by atoms with Gasteiger partial charge in [0.2, 0.25) is 0 Å². The molecule has 2 aromatic rings. The van der Waals surface area contributed by atoms with Crippen molar-refractivity contribution >= 4 is 34.8 Å². The fraction of sp³-hybridized carbons (Fsp3) is 0.200. The number of halogens is 3. The van der Waals surface area contributed by atoms with E-state index in [4.69, 9.17) is 34.8 Å². The Morgan fingerprint density at radius 2 is 1.74 bits per heavy atom. The zero-order valence-corrected chi connectivity index (χ0v) is 12.7. The van der Waals surface area contributed by atoms with E-state index in [1.165, 1.54) is 0 Å². The Bertz CT molecular complexity index is 569. The van der Waals surface area contributed by atoms with Gasteiger partial charge >= 0.3 is 0 Å². The molecule has 0 aliphatic heterocycles. The van der Waals surface area contributed by atoms with Crippen LogP contribution in [-0.2, 0) is 6.42 Å². The van der Waals surface area contributed by atoms with E-state index in [-0.39, 0.29) is 6.04 Å². The molecule has 2 aromatic carbocycles. The van der Waals surface area contributed by atoms with Crippen molar-refractivity contribution in [2.45, 2.75) is 12.5 Å². The molecule has 1 nitrogen and oxygen atoms in total. The average molecular weight is 315 g/mol.